The highest BCUT2D eigenvalue weighted by molar-refractivity contribution is 6.31. The van der Waals surface area contributed by atoms with Crippen molar-refractivity contribution in [2.75, 3.05) is 11.9 Å². The number of nitrogens with zero attached hydrogens (tertiary/aromatic N) is 1. The van der Waals surface area contributed by atoms with E-state index in [2.05, 4.69) is 5.32 Å². The van der Waals surface area contributed by atoms with Gasteiger partial charge in [0.1, 0.15) is 5.78 Å². The zero-order valence-electron chi connectivity index (χ0n) is 15.9. The predicted octanol–water partition coefficient (Wildman–Crippen LogP) is 3.03. The fraction of sp³-hybridized carbons (Fsp3) is 0.526. The van der Waals surface area contributed by atoms with Crippen LogP contribution in [-0.4, -0.2) is 35.2 Å². The average molecular weight is 411 g/mol. The molecule has 0 heterocycles. The minimum absolute atomic E-state index is 0.165. The SMILES string of the molecule is Cc1c(Cl)cccc1NC(=O)[C@@H](C)OC(=O)C[C@H]1C(=O)C[C@@H](C)[C@H]1C[N+](=O)[O-]. The number of rotatable bonds is 7. The van der Waals surface area contributed by atoms with Crippen LogP contribution in [0.5, 0.6) is 0 Å². The summed E-state index contributed by atoms with van der Waals surface area (Å²) in [5, 5.41) is 14.0. The number of carbonyl (C=O) groups is 3. The summed E-state index contributed by atoms with van der Waals surface area (Å²) in [4.78, 5) is 47.0. The molecule has 0 spiro atoms. The number of anilines is 1. The Labute approximate surface area is 167 Å². The number of carbonyl (C=O) groups excluding carboxylic acids is 3. The minimum atomic E-state index is -1.09. The second-order valence-electron chi connectivity index (χ2n) is 7.17. The van der Waals surface area contributed by atoms with Crippen LogP contribution in [0.25, 0.3) is 0 Å². The number of nitro groups is 1. The maximum Gasteiger partial charge on any atom is 0.307 e. The molecule has 0 aromatic heterocycles. The number of halogens is 1. The van der Waals surface area contributed by atoms with Crippen LogP contribution in [-0.2, 0) is 19.1 Å². The van der Waals surface area contributed by atoms with Crippen LogP contribution in [0.15, 0.2) is 18.2 Å². The summed E-state index contributed by atoms with van der Waals surface area (Å²) in [6.07, 6.45) is -1.15. The van der Waals surface area contributed by atoms with Crippen molar-refractivity contribution >= 4 is 34.9 Å². The number of esters is 1. The van der Waals surface area contributed by atoms with Crippen LogP contribution >= 0.6 is 11.6 Å². The van der Waals surface area contributed by atoms with Gasteiger partial charge in [0.2, 0.25) is 6.54 Å². The molecule has 0 aliphatic heterocycles. The van der Waals surface area contributed by atoms with Crippen LogP contribution in [0.1, 0.15) is 32.3 Å². The lowest BCUT2D eigenvalue weighted by molar-refractivity contribution is -0.490. The molecule has 4 atom stereocenters. The van der Waals surface area contributed by atoms with Gasteiger partial charge in [-0.15, -0.1) is 0 Å². The third kappa shape index (κ3) is 5.28. The molecule has 1 aromatic carbocycles. The lowest BCUT2D eigenvalue weighted by atomic mass is 9.88. The summed E-state index contributed by atoms with van der Waals surface area (Å²) < 4.78 is 5.15. The molecular weight excluding hydrogens is 388 g/mol. The monoisotopic (exact) mass is 410 g/mol. The molecule has 152 valence electrons. The molecule has 1 amide bonds. The van der Waals surface area contributed by atoms with E-state index in [9.17, 15) is 24.5 Å². The fourth-order valence-corrected chi connectivity index (χ4v) is 3.63. The number of amides is 1. The van der Waals surface area contributed by atoms with Gasteiger partial charge in [-0.25, -0.2) is 0 Å². The smallest absolute Gasteiger partial charge is 0.307 e. The Morgan fingerprint density at radius 2 is 2.11 bits per heavy atom. The van der Waals surface area contributed by atoms with Gasteiger partial charge in [-0.1, -0.05) is 24.6 Å². The molecule has 1 aromatic rings. The van der Waals surface area contributed by atoms with Gasteiger partial charge < -0.3 is 10.1 Å². The lowest BCUT2D eigenvalue weighted by Gasteiger charge is -2.19. The largest absolute Gasteiger partial charge is 0.453 e. The highest BCUT2D eigenvalue weighted by Crippen LogP contribution is 2.36. The topological polar surface area (TPSA) is 116 Å². The van der Waals surface area contributed by atoms with E-state index >= 15 is 0 Å². The molecule has 0 bridgehead atoms. The van der Waals surface area contributed by atoms with Gasteiger partial charge in [-0.05, 0) is 37.5 Å². The molecule has 8 nitrogen and oxygen atoms in total. The van der Waals surface area contributed by atoms with Gasteiger partial charge in [0.25, 0.3) is 5.91 Å². The molecule has 28 heavy (non-hydrogen) atoms. The van der Waals surface area contributed by atoms with Gasteiger partial charge in [-0.3, -0.25) is 24.5 Å². The highest BCUT2D eigenvalue weighted by Gasteiger charge is 2.44. The Hall–Kier alpha value is -2.48. The Bertz CT molecular complexity index is 797. The first-order valence-corrected chi connectivity index (χ1v) is 9.38. The molecule has 9 heteroatoms. The molecule has 1 fully saturated rings. The maximum atomic E-state index is 12.3. The Kier molecular flexibility index (Phi) is 7.12. The third-order valence-electron chi connectivity index (χ3n) is 5.13. The van der Waals surface area contributed by atoms with E-state index in [0.29, 0.717) is 16.3 Å². The average Bonchev–Trinajstić information content (AvgIpc) is 2.85. The first-order valence-electron chi connectivity index (χ1n) is 9.00. The molecule has 1 saturated carbocycles. The van der Waals surface area contributed by atoms with E-state index in [1.165, 1.54) is 6.92 Å². The standard InChI is InChI=1S/C19H23ClN2O6/c1-10-7-17(23)13(14(10)9-22(26)27)8-18(24)28-12(3)19(25)21-16-6-4-5-15(20)11(16)2/h4-6,10,12-14H,7-9H2,1-3H3,(H,21,25)/t10-,12-,13-,14-/m1/s1. The summed E-state index contributed by atoms with van der Waals surface area (Å²) in [7, 11) is 0. The Morgan fingerprint density at radius 3 is 2.75 bits per heavy atom. The lowest BCUT2D eigenvalue weighted by Crippen LogP contribution is -2.32. The maximum absolute atomic E-state index is 12.3. The molecule has 0 unspecified atom stereocenters. The number of ketones is 1. The third-order valence-corrected chi connectivity index (χ3v) is 5.54. The van der Waals surface area contributed by atoms with Gasteiger partial charge in [0.05, 0.1) is 6.42 Å². The Morgan fingerprint density at radius 1 is 1.43 bits per heavy atom. The number of Topliss-reactive ketones (excluding diaryl/α,β-unsaturated/α-hetero) is 1. The van der Waals surface area contributed by atoms with Gasteiger partial charge in [0.15, 0.2) is 6.10 Å². The number of ether oxygens (including phenoxy) is 1. The zero-order valence-corrected chi connectivity index (χ0v) is 16.7. The first kappa shape index (κ1) is 21.8. The zero-order chi connectivity index (χ0) is 21.0. The molecule has 1 aliphatic carbocycles. The van der Waals surface area contributed by atoms with E-state index in [1.807, 2.05) is 0 Å². The first-order chi connectivity index (χ1) is 13.1. The van der Waals surface area contributed by atoms with Crippen LogP contribution in [0, 0.1) is 34.8 Å². The van der Waals surface area contributed by atoms with E-state index in [4.69, 9.17) is 16.3 Å². The highest BCUT2D eigenvalue weighted by atomic mass is 35.5. The second kappa shape index (κ2) is 9.14. The van der Waals surface area contributed by atoms with Crippen molar-refractivity contribution < 1.29 is 24.0 Å². The molecule has 0 radical (unpaired) electrons. The van der Waals surface area contributed by atoms with Crippen molar-refractivity contribution in [2.24, 2.45) is 17.8 Å². The summed E-state index contributed by atoms with van der Waals surface area (Å²) in [5.74, 6) is -2.87. The van der Waals surface area contributed by atoms with Crippen LogP contribution in [0.2, 0.25) is 5.02 Å². The summed E-state index contributed by atoms with van der Waals surface area (Å²) >= 11 is 6.01. The number of hydrogen-bond donors (Lipinski definition) is 1. The molecule has 1 N–H and O–H groups in total. The molecular formula is C19H23ClN2O6. The van der Waals surface area contributed by atoms with Crippen LogP contribution in [0.4, 0.5) is 5.69 Å². The van der Waals surface area contributed by atoms with Crippen molar-refractivity contribution in [1.29, 1.82) is 0 Å². The van der Waals surface area contributed by atoms with Crippen molar-refractivity contribution in [3.8, 4) is 0 Å². The summed E-state index contributed by atoms with van der Waals surface area (Å²) in [6, 6.07) is 5.05. The van der Waals surface area contributed by atoms with Gasteiger partial charge >= 0.3 is 5.97 Å². The molecule has 1 aliphatic rings. The molecule has 2 rings (SSSR count). The van der Waals surface area contributed by atoms with Gasteiger partial charge in [0, 0.05) is 33.9 Å². The van der Waals surface area contributed by atoms with E-state index in [-0.39, 0.29) is 31.1 Å². The van der Waals surface area contributed by atoms with Crippen LogP contribution < -0.4 is 5.32 Å². The molecule has 0 saturated heterocycles. The minimum Gasteiger partial charge on any atom is -0.453 e. The quantitative estimate of drug-likeness (QED) is 0.419. The van der Waals surface area contributed by atoms with Crippen molar-refractivity contribution in [2.45, 2.75) is 39.7 Å². The Balaban J connectivity index is 1.95. The normalized spacial score (nSPS) is 22.6. The van der Waals surface area contributed by atoms with E-state index in [0.717, 1.165) is 0 Å². The number of hydrogen-bond acceptors (Lipinski definition) is 6. The summed E-state index contributed by atoms with van der Waals surface area (Å²) in [5.41, 5.74) is 1.19. The van der Waals surface area contributed by atoms with E-state index < -0.39 is 34.7 Å². The van der Waals surface area contributed by atoms with E-state index in [1.54, 1.807) is 32.0 Å². The summed E-state index contributed by atoms with van der Waals surface area (Å²) in [6.45, 7) is 4.56. The predicted molar refractivity (Wildman–Crippen MR) is 103 cm³/mol. The second-order valence-corrected chi connectivity index (χ2v) is 7.58. The number of nitrogens with one attached hydrogen (secondary N) is 1. The van der Waals surface area contributed by atoms with Crippen molar-refractivity contribution in [3.63, 3.8) is 0 Å². The number of benzene rings is 1. The fourth-order valence-electron chi connectivity index (χ4n) is 3.46. The van der Waals surface area contributed by atoms with Crippen molar-refractivity contribution in [3.05, 3.63) is 38.9 Å². The van der Waals surface area contributed by atoms with Gasteiger partial charge in [-0.2, -0.15) is 0 Å². The van der Waals surface area contributed by atoms with Crippen molar-refractivity contribution in [1.82, 2.24) is 0 Å². The van der Waals surface area contributed by atoms with Crippen LogP contribution in [0.3, 0.4) is 0 Å².